The zero-order chi connectivity index (χ0) is 36.3. The van der Waals surface area contributed by atoms with Crippen molar-refractivity contribution in [1.82, 2.24) is 5.32 Å². The van der Waals surface area contributed by atoms with Crippen molar-refractivity contribution in [3.8, 4) is 0 Å². The molecule has 22 heteroatoms. The van der Waals surface area contributed by atoms with Gasteiger partial charge in [-0.3, -0.25) is 4.79 Å². The summed E-state index contributed by atoms with van der Waals surface area (Å²) in [6, 6.07) is -0.342. The van der Waals surface area contributed by atoms with Gasteiger partial charge in [0, 0.05) is 45.7 Å². The third-order valence-corrected chi connectivity index (χ3v) is 59.3. The van der Waals surface area contributed by atoms with Crippen LogP contribution in [0, 0.1) is 22.7 Å². The van der Waals surface area contributed by atoms with E-state index in [2.05, 4.69) is 58.9 Å². The van der Waals surface area contributed by atoms with E-state index in [1.54, 1.807) is 14.0 Å². The predicted molar refractivity (Wildman–Crippen MR) is 228 cm³/mol. The Morgan fingerprint density at radius 3 is 2.25 bits per heavy atom. The molecule has 0 aromatic rings. The van der Waals surface area contributed by atoms with Gasteiger partial charge in [-0.1, -0.05) is 37.7 Å². The van der Waals surface area contributed by atoms with Crippen LogP contribution in [-0.2, 0) is 28.1 Å². The molecule has 0 aromatic heterocycles. The number of carbonyl (C=O) groups is 2. The van der Waals surface area contributed by atoms with Crippen molar-refractivity contribution in [2.24, 2.45) is 22.7 Å². The van der Waals surface area contributed by atoms with Crippen LogP contribution in [0.5, 0.6) is 0 Å². The molecule has 2 bridgehead atoms. The van der Waals surface area contributed by atoms with E-state index in [-0.39, 0.29) is 39.8 Å². The van der Waals surface area contributed by atoms with Crippen LogP contribution in [0.3, 0.4) is 0 Å². The van der Waals surface area contributed by atoms with Gasteiger partial charge in [0.1, 0.15) is 17.8 Å². The Bertz CT molecular complexity index is 1270. The fourth-order valence-corrected chi connectivity index (χ4v) is 75.4. The number of esters is 1. The van der Waals surface area contributed by atoms with Crippen molar-refractivity contribution in [1.29, 1.82) is 0 Å². The molecule has 1 saturated heterocycles. The molecule has 276 valence electrons. The number of hydrogen-bond acceptors (Lipinski definition) is 10. The quantitative estimate of drug-likeness (QED) is 0.0919. The molecule has 0 amide bonds. The maximum Gasteiger partial charge on any atom is 0.337 e. The van der Waals surface area contributed by atoms with E-state index in [4.69, 9.17) is 18.5 Å². The van der Waals surface area contributed by atoms with Gasteiger partial charge >= 0.3 is 5.97 Å². The van der Waals surface area contributed by atoms with Crippen LogP contribution in [0.25, 0.3) is 0 Å². The highest BCUT2D eigenvalue weighted by atomic mass is 33.1. The second-order valence-corrected chi connectivity index (χ2v) is 49.5. The molecule has 4 aliphatic rings. The summed E-state index contributed by atoms with van der Waals surface area (Å²) in [5, 5.41) is 40.4. The Hall–Kier alpha value is 3.76. The lowest BCUT2D eigenvalue weighted by Crippen LogP contribution is -2.78. The first-order valence-electron chi connectivity index (χ1n) is 15.5. The average molecular weight is 895 g/mol. The summed E-state index contributed by atoms with van der Waals surface area (Å²) in [7, 11) is 18.2. The zero-order valence-electron chi connectivity index (χ0n) is 28.3. The lowest BCUT2D eigenvalue weighted by atomic mass is 9.43. The van der Waals surface area contributed by atoms with Crippen LogP contribution in [0.15, 0.2) is 11.1 Å². The molecule has 4 rings (SSSR count). The Balaban J connectivity index is 1.99. The molecule has 0 radical (unpaired) electrons. The van der Waals surface area contributed by atoms with Crippen LogP contribution < -0.4 is 5.32 Å². The number of aliphatic hydroxyl groups is 3. The van der Waals surface area contributed by atoms with E-state index in [0.29, 0.717) is 19.1 Å². The Morgan fingerprint density at radius 2 is 1.77 bits per heavy atom. The first kappa shape index (κ1) is 44.5. The van der Waals surface area contributed by atoms with Crippen LogP contribution >= 0.6 is 98.5 Å². The molecule has 48 heavy (non-hydrogen) atoms. The molecule has 0 aromatic carbocycles. The molecule has 4 N–H and O–H groups in total. The van der Waals surface area contributed by atoms with Crippen molar-refractivity contribution in [2.75, 3.05) is 13.7 Å². The van der Waals surface area contributed by atoms with Crippen LogP contribution in [0.2, 0.25) is 0 Å². The standard InChI is InChI=1S/C26H53NO9P12/c1-11-14(34-22(30)18(35-43-37)13(3)27-7)9-26(32)12(2)20-24(6,15(28)8-16-25(20,31)10-33-16)21(29)19(17(11)23(26,4)5)36-45(46(39)40)48(44-38)47(41)42/h12-16,18-20,27-28,31-32,43-44H,8-10,37-42H2,1-7H3/t12?,13?,14?,15?,16?,18?,19?,20?,24-,25?,26?,45?,48?/m1/s1. The second-order valence-electron chi connectivity index (χ2n) is 13.9. The number of fused-ring (bicyclic) bond motifs is 5. The molecule has 1 aliphatic heterocycles. The van der Waals surface area contributed by atoms with E-state index in [1.807, 2.05) is 34.6 Å². The fraction of sp³-hybridized carbons (Fsp3) is 0.846. The molecular weight excluding hydrogens is 842 g/mol. The van der Waals surface area contributed by atoms with Gasteiger partial charge < -0.3 is 39.2 Å². The SMILES string of the molecule is CNC(C)C(OPP)C(=O)OC1CC2(O)C(C)C3C4(O)COC4CC(O)[C@@]3(C)C(=O)C(OP(P(P)P)P(PP)P(P)P)C(=C1C)C2(C)C. The van der Waals surface area contributed by atoms with Crippen LogP contribution in [0.1, 0.15) is 54.4 Å². The normalized spacial score (nSPS) is 40.8. The van der Waals surface area contributed by atoms with Crippen molar-refractivity contribution in [2.45, 2.75) is 102 Å². The van der Waals surface area contributed by atoms with Crippen LogP contribution in [0.4, 0.5) is 0 Å². The lowest BCUT2D eigenvalue weighted by molar-refractivity contribution is -0.335. The number of rotatable bonds is 12. The molecule has 20 unspecified atom stereocenters. The molecule has 10 nitrogen and oxygen atoms in total. The monoisotopic (exact) mass is 895 g/mol. The van der Waals surface area contributed by atoms with E-state index in [9.17, 15) is 20.1 Å². The summed E-state index contributed by atoms with van der Waals surface area (Å²) in [4.78, 5) is 29.2. The van der Waals surface area contributed by atoms with E-state index >= 15 is 4.79 Å². The van der Waals surface area contributed by atoms with Crippen molar-refractivity contribution in [3.63, 3.8) is 0 Å². The zero-order valence-corrected chi connectivity index (χ0v) is 40.8. The molecular formula is C26H53NO9P12. The lowest BCUT2D eigenvalue weighted by Gasteiger charge is -2.67. The summed E-state index contributed by atoms with van der Waals surface area (Å²) in [5.41, 5.74) is -4.28. The van der Waals surface area contributed by atoms with E-state index < -0.39 is 98.8 Å². The van der Waals surface area contributed by atoms with Gasteiger partial charge in [0.2, 0.25) is 0 Å². The third-order valence-electron chi connectivity index (χ3n) is 11.3. The van der Waals surface area contributed by atoms with Gasteiger partial charge in [-0.15, -0.1) is 44.6 Å². The summed E-state index contributed by atoms with van der Waals surface area (Å²) >= 11 is 0. The van der Waals surface area contributed by atoms with Gasteiger partial charge in [0.05, 0.1) is 37.4 Å². The summed E-state index contributed by atoms with van der Waals surface area (Å²) in [6.45, 7) is 9.20. The molecule has 21 atom stereocenters. The fourth-order valence-electron chi connectivity index (χ4n) is 8.46. The number of ether oxygens (including phenoxy) is 2. The minimum atomic E-state index is -1.59. The Morgan fingerprint density at radius 1 is 1.15 bits per heavy atom. The van der Waals surface area contributed by atoms with Gasteiger partial charge in [0.25, 0.3) is 0 Å². The first-order chi connectivity index (χ1) is 22.2. The average Bonchev–Trinajstić information content (AvgIpc) is 3.01. The molecule has 1 heterocycles. The van der Waals surface area contributed by atoms with Crippen molar-refractivity contribution >= 4 is 110 Å². The summed E-state index contributed by atoms with van der Waals surface area (Å²) < 4.78 is 25.0. The highest BCUT2D eigenvalue weighted by molar-refractivity contribution is 9.10. The maximum atomic E-state index is 15.5. The number of likely N-dealkylation sites (N-methyl/N-ethyl adjacent to an activating group) is 1. The number of Topliss-reactive ketones (excluding diaryl/α,β-unsaturated/α-hetero) is 1. The van der Waals surface area contributed by atoms with E-state index in [0.717, 1.165) is 0 Å². The minimum Gasteiger partial charge on any atom is -0.456 e. The van der Waals surface area contributed by atoms with Crippen LogP contribution in [-0.4, -0.2) is 88.5 Å². The highest BCUT2D eigenvalue weighted by Crippen LogP contribution is 3.09. The molecule has 3 fully saturated rings. The number of aliphatic hydroxyl groups excluding tert-OH is 1. The van der Waals surface area contributed by atoms with E-state index in [1.165, 1.54) is 0 Å². The topological polar surface area (TPSA) is 144 Å². The molecule has 3 aliphatic carbocycles. The molecule has 0 spiro atoms. The largest absolute Gasteiger partial charge is 0.456 e. The van der Waals surface area contributed by atoms with Crippen molar-refractivity contribution in [3.05, 3.63) is 11.1 Å². The smallest absolute Gasteiger partial charge is 0.337 e. The number of hydrogen-bond donors (Lipinski definition) is 4. The third kappa shape index (κ3) is 7.60. The highest BCUT2D eigenvalue weighted by Gasteiger charge is 2.74. The maximum absolute atomic E-state index is 15.5. The number of carbonyl (C=O) groups excluding carboxylic acids is 2. The second kappa shape index (κ2) is 17.1. The van der Waals surface area contributed by atoms with Crippen molar-refractivity contribution < 1.29 is 43.4 Å². The van der Waals surface area contributed by atoms with Gasteiger partial charge in [-0.25, -0.2) is 4.79 Å². The predicted octanol–water partition coefficient (Wildman–Crippen LogP) is 7.01. The number of ketones is 1. The van der Waals surface area contributed by atoms with Gasteiger partial charge in [-0.2, -0.15) is 0 Å². The number of nitrogens with one attached hydrogen (secondary N) is 1. The Kier molecular flexibility index (Phi) is 15.8. The summed E-state index contributed by atoms with van der Waals surface area (Å²) in [5.74, 6) is -2.46. The van der Waals surface area contributed by atoms with Gasteiger partial charge in [-0.05, 0) is 58.9 Å². The molecule has 2 saturated carbocycles. The Labute approximate surface area is 307 Å². The van der Waals surface area contributed by atoms with Gasteiger partial charge in [0.15, 0.2) is 11.9 Å². The first-order valence-corrected chi connectivity index (χ1v) is 35.8. The minimum absolute atomic E-state index is 0.000261. The summed E-state index contributed by atoms with van der Waals surface area (Å²) in [6.07, 6.45) is -4.58.